The Labute approximate surface area is 138 Å². The molecule has 1 heterocycles. The molecule has 0 spiro atoms. The third-order valence-corrected chi connectivity index (χ3v) is 4.83. The number of hydrogen-bond donors (Lipinski definition) is 2. The van der Waals surface area contributed by atoms with Crippen LogP contribution in [0.2, 0.25) is 0 Å². The number of hydrogen-bond acceptors (Lipinski definition) is 4. The number of hydroxylamine groups is 1. The van der Waals surface area contributed by atoms with Crippen molar-refractivity contribution < 1.29 is 10.0 Å². The molecule has 0 atom stereocenters. The SMILES string of the molecule is CC(C)(C)c1ccc(-c2nc3cc(C(=O)NO)ccc3s2)cc1. The summed E-state index contributed by atoms with van der Waals surface area (Å²) < 4.78 is 1.01. The summed E-state index contributed by atoms with van der Waals surface area (Å²) in [5.41, 5.74) is 5.25. The van der Waals surface area contributed by atoms with Gasteiger partial charge in [-0.2, -0.15) is 0 Å². The molecule has 0 aliphatic heterocycles. The van der Waals surface area contributed by atoms with Gasteiger partial charge in [-0.15, -0.1) is 11.3 Å². The van der Waals surface area contributed by atoms with Crippen LogP contribution >= 0.6 is 11.3 Å². The predicted molar refractivity (Wildman–Crippen MR) is 93.0 cm³/mol. The Morgan fingerprint density at radius 2 is 1.83 bits per heavy atom. The first-order valence-electron chi connectivity index (χ1n) is 7.34. The second-order valence-electron chi connectivity index (χ2n) is 6.47. The van der Waals surface area contributed by atoms with E-state index in [0.717, 1.165) is 20.8 Å². The molecule has 4 nitrogen and oxygen atoms in total. The second-order valence-corrected chi connectivity index (χ2v) is 7.50. The maximum absolute atomic E-state index is 11.5. The fourth-order valence-corrected chi connectivity index (χ4v) is 3.32. The van der Waals surface area contributed by atoms with Gasteiger partial charge < -0.3 is 0 Å². The van der Waals surface area contributed by atoms with Crippen LogP contribution in [0.5, 0.6) is 0 Å². The van der Waals surface area contributed by atoms with Crippen molar-refractivity contribution in [1.29, 1.82) is 0 Å². The Kier molecular flexibility index (Phi) is 3.92. The molecule has 3 aromatic rings. The molecule has 0 aliphatic rings. The van der Waals surface area contributed by atoms with Crippen molar-refractivity contribution in [3.8, 4) is 10.6 Å². The topological polar surface area (TPSA) is 62.2 Å². The number of nitrogens with one attached hydrogen (secondary N) is 1. The van der Waals surface area contributed by atoms with E-state index in [9.17, 15) is 4.79 Å². The molecular formula is C18H18N2O2S. The molecular weight excluding hydrogens is 308 g/mol. The number of benzene rings is 2. The van der Waals surface area contributed by atoms with E-state index in [2.05, 4.69) is 50.0 Å². The molecule has 3 rings (SSSR count). The molecule has 1 aromatic heterocycles. The number of carbonyl (C=O) groups is 1. The predicted octanol–water partition coefficient (Wildman–Crippen LogP) is 4.38. The van der Waals surface area contributed by atoms with Crippen molar-refractivity contribution in [2.24, 2.45) is 0 Å². The molecule has 2 aromatic carbocycles. The van der Waals surface area contributed by atoms with Crippen LogP contribution in [0.1, 0.15) is 36.7 Å². The lowest BCUT2D eigenvalue weighted by Gasteiger charge is -2.18. The van der Waals surface area contributed by atoms with Gasteiger partial charge in [0.2, 0.25) is 0 Å². The summed E-state index contributed by atoms with van der Waals surface area (Å²) >= 11 is 1.59. The van der Waals surface area contributed by atoms with Crippen LogP contribution in [0.3, 0.4) is 0 Å². The van der Waals surface area contributed by atoms with Gasteiger partial charge in [0.05, 0.1) is 10.2 Å². The third kappa shape index (κ3) is 3.11. The van der Waals surface area contributed by atoms with Gasteiger partial charge in [-0.1, -0.05) is 45.0 Å². The summed E-state index contributed by atoms with van der Waals surface area (Å²) in [5, 5.41) is 9.64. The zero-order valence-corrected chi connectivity index (χ0v) is 14.1. The van der Waals surface area contributed by atoms with Gasteiger partial charge in [0.1, 0.15) is 5.01 Å². The van der Waals surface area contributed by atoms with E-state index in [1.807, 2.05) is 6.07 Å². The minimum absolute atomic E-state index is 0.124. The number of amides is 1. The number of fused-ring (bicyclic) bond motifs is 1. The van der Waals surface area contributed by atoms with Crippen molar-refractivity contribution in [1.82, 2.24) is 10.5 Å². The molecule has 2 N–H and O–H groups in total. The number of nitrogens with zero attached hydrogens (tertiary/aromatic N) is 1. The Bertz CT molecular complexity index is 861. The van der Waals surface area contributed by atoms with Crippen LogP contribution in [-0.4, -0.2) is 16.1 Å². The molecule has 0 unspecified atom stereocenters. The summed E-state index contributed by atoms with van der Waals surface area (Å²) in [5.74, 6) is -0.531. The first-order valence-corrected chi connectivity index (χ1v) is 8.16. The standard InChI is InChI=1S/C18H18N2O2S/c1-18(2,3)13-7-4-11(5-8-13)17-19-14-10-12(16(21)20-22)6-9-15(14)23-17/h4-10,22H,1-3H3,(H,20,21). The summed E-state index contributed by atoms with van der Waals surface area (Å²) in [4.78, 5) is 16.1. The molecule has 0 saturated heterocycles. The molecule has 0 saturated carbocycles. The highest BCUT2D eigenvalue weighted by Gasteiger charge is 2.14. The number of carbonyl (C=O) groups excluding carboxylic acids is 1. The highest BCUT2D eigenvalue weighted by atomic mass is 32.1. The van der Waals surface area contributed by atoms with E-state index >= 15 is 0 Å². The fourth-order valence-electron chi connectivity index (χ4n) is 2.37. The Morgan fingerprint density at radius 3 is 2.43 bits per heavy atom. The molecule has 0 radical (unpaired) electrons. The van der Waals surface area contributed by atoms with Crippen molar-refractivity contribution >= 4 is 27.5 Å². The average Bonchev–Trinajstić information content (AvgIpc) is 2.96. The molecule has 5 heteroatoms. The van der Waals surface area contributed by atoms with Crippen LogP contribution in [-0.2, 0) is 5.41 Å². The highest BCUT2D eigenvalue weighted by Crippen LogP contribution is 2.32. The maximum atomic E-state index is 11.5. The normalized spacial score (nSPS) is 11.7. The van der Waals surface area contributed by atoms with Gasteiger partial charge in [-0.3, -0.25) is 10.0 Å². The minimum atomic E-state index is -0.531. The summed E-state index contributed by atoms with van der Waals surface area (Å²) in [7, 11) is 0. The molecule has 0 fully saturated rings. The van der Waals surface area contributed by atoms with Crippen LogP contribution in [0.25, 0.3) is 20.8 Å². The van der Waals surface area contributed by atoms with E-state index in [1.54, 1.807) is 28.9 Å². The van der Waals surface area contributed by atoms with Crippen LogP contribution in [0.15, 0.2) is 42.5 Å². The molecule has 0 aliphatic carbocycles. The summed E-state index contributed by atoms with van der Waals surface area (Å²) in [6.45, 7) is 6.56. The number of rotatable bonds is 2. The van der Waals surface area contributed by atoms with Crippen LogP contribution in [0, 0.1) is 0 Å². The van der Waals surface area contributed by atoms with E-state index in [1.165, 1.54) is 5.56 Å². The molecule has 23 heavy (non-hydrogen) atoms. The molecule has 118 valence electrons. The molecule has 1 amide bonds. The lowest BCUT2D eigenvalue weighted by Crippen LogP contribution is -2.18. The lowest BCUT2D eigenvalue weighted by molar-refractivity contribution is 0.0706. The largest absolute Gasteiger partial charge is 0.288 e. The van der Waals surface area contributed by atoms with Gasteiger partial charge in [0.15, 0.2) is 0 Å². The monoisotopic (exact) mass is 326 g/mol. The van der Waals surface area contributed by atoms with E-state index < -0.39 is 5.91 Å². The van der Waals surface area contributed by atoms with Crippen molar-refractivity contribution in [3.05, 3.63) is 53.6 Å². The first-order chi connectivity index (χ1) is 10.9. The number of aromatic nitrogens is 1. The smallest absolute Gasteiger partial charge is 0.274 e. The van der Waals surface area contributed by atoms with Gasteiger partial charge in [-0.05, 0) is 29.2 Å². The highest BCUT2D eigenvalue weighted by molar-refractivity contribution is 7.21. The van der Waals surface area contributed by atoms with Crippen LogP contribution < -0.4 is 5.48 Å². The van der Waals surface area contributed by atoms with Gasteiger partial charge in [0, 0.05) is 11.1 Å². The van der Waals surface area contributed by atoms with Gasteiger partial charge in [-0.25, -0.2) is 10.5 Å². The first kappa shape index (κ1) is 15.6. The second kappa shape index (κ2) is 5.76. The van der Waals surface area contributed by atoms with E-state index in [0.29, 0.717) is 5.56 Å². The Morgan fingerprint density at radius 1 is 1.13 bits per heavy atom. The maximum Gasteiger partial charge on any atom is 0.274 e. The van der Waals surface area contributed by atoms with Crippen molar-refractivity contribution in [3.63, 3.8) is 0 Å². The minimum Gasteiger partial charge on any atom is -0.288 e. The quantitative estimate of drug-likeness (QED) is 0.542. The Balaban J connectivity index is 1.98. The van der Waals surface area contributed by atoms with Crippen molar-refractivity contribution in [2.45, 2.75) is 26.2 Å². The Hall–Kier alpha value is -2.24. The van der Waals surface area contributed by atoms with Gasteiger partial charge >= 0.3 is 0 Å². The zero-order valence-electron chi connectivity index (χ0n) is 13.3. The average molecular weight is 326 g/mol. The number of thiazole rings is 1. The van der Waals surface area contributed by atoms with Crippen LogP contribution in [0.4, 0.5) is 0 Å². The van der Waals surface area contributed by atoms with E-state index in [-0.39, 0.29) is 5.41 Å². The summed E-state index contributed by atoms with van der Waals surface area (Å²) in [6.07, 6.45) is 0. The third-order valence-electron chi connectivity index (χ3n) is 3.75. The fraction of sp³-hybridized carbons (Fsp3) is 0.222. The lowest BCUT2D eigenvalue weighted by atomic mass is 9.87. The van der Waals surface area contributed by atoms with E-state index in [4.69, 9.17) is 5.21 Å². The summed E-state index contributed by atoms with van der Waals surface area (Å²) in [6, 6.07) is 13.6. The van der Waals surface area contributed by atoms with Crippen molar-refractivity contribution in [2.75, 3.05) is 0 Å². The van der Waals surface area contributed by atoms with Gasteiger partial charge in [0.25, 0.3) is 5.91 Å². The zero-order chi connectivity index (χ0) is 16.6. The molecule has 0 bridgehead atoms.